The van der Waals surface area contributed by atoms with Crippen molar-refractivity contribution < 1.29 is 4.79 Å². The summed E-state index contributed by atoms with van der Waals surface area (Å²) in [4.78, 5) is 21.0. The molecule has 3 rings (SSSR count). The zero-order chi connectivity index (χ0) is 16.4. The van der Waals surface area contributed by atoms with E-state index in [0.29, 0.717) is 12.4 Å². The van der Waals surface area contributed by atoms with Crippen molar-refractivity contribution in [1.29, 1.82) is 0 Å². The van der Waals surface area contributed by atoms with E-state index in [9.17, 15) is 4.79 Å². The van der Waals surface area contributed by atoms with E-state index in [-0.39, 0.29) is 18.2 Å². The third kappa shape index (κ3) is 3.42. The summed E-state index contributed by atoms with van der Waals surface area (Å²) in [6, 6.07) is 6.27. The van der Waals surface area contributed by atoms with Gasteiger partial charge in [-0.2, -0.15) is 0 Å². The Kier molecular flexibility index (Phi) is 4.43. The lowest BCUT2D eigenvalue weighted by molar-refractivity contribution is -0.124. The summed E-state index contributed by atoms with van der Waals surface area (Å²) >= 11 is 0. The number of benzene rings is 1. The van der Waals surface area contributed by atoms with Gasteiger partial charge < -0.3 is 10.6 Å². The van der Waals surface area contributed by atoms with Crippen LogP contribution in [0.4, 0.5) is 5.95 Å². The highest BCUT2D eigenvalue weighted by Crippen LogP contribution is 2.20. The smallest absolute Gasteiger partial charge is 0.226 e. The van der Waals surface area contributed by atoms with Crippen LogP contribution in [0.15, 0.2) is 18.2 Å². The lowest BCUT2D eigenvalue weighted by Crippen LogP contribution is -2.59. The SMILES string of the molecule is CCCC1CC(=O)NC(Nc2nc(C)c3cccc(C)c3n2)N1. The number of hydrogen-bond acceptors (Lipinski definition) is 5. The maximum absolute atomic E-state index is 11.9. The van der Waals surface area contributed by atoms with Gasteiger partial charge in [-0.05, 0) is 25.8 Å². The Balaban J connectivity index is 1.83. The number of nitrogens with zero attached hydrogens (tertiary/aromatic N) is 2. The molecule has 2 unspecified atom stereocenters. The second-order valence-corrected chi connectivity index (χ2v) is 6.10. The van der Waals surface area contributed by atoms with Crippen molar-refractivity contribution in [2.45, 2.75) is 52.4 Å². The highest BCUT2D eigenvalue weighted by atomic mass is 16.2. The predicted molar refractivity (Wildman–Crippen MR) is 91.0 cm³/mol. The van der Waals surface area contributed by atoms with Gasteiger partial charge in [0.05, 0.1) is 11.2 Å². The zero-order valence-electron chi connectivity index (χ0n) is 13.8. The summed E-state index contributed by atoms with van der Waals surface area (Å²) < 4.78 is 0. The Morgan fingerprint density at radius 3 is 2.91 bits per heavy atom. The molecule has 2 heterocycles. The van der Waals surface area contributed by atoms with Crippen LogP contribution in [0.5, 0.6) is 0 Å². The summed E-state index contributed by atoms with van der Waals surface area (Å²) in [6.45, 7) is 6.13. The van der Waals surface area contributed by atoms with Gasteiger partial charge in [0.25, 0.3) is 0 Å². The fourth-order valence-corrected chi connectivity index (χ4v) is 3.03. The van der Waals surface area contributed by atoms with Crippen molar-refractivity contribution in [3.05, 3.63) is 29.5 Å². The number of rotatable bonds is 4. The minimum Gasteiger partial charge on any atom is -0.323 e. The van der Waals surface area contributed by atoms with Crippen molar-refractivity contribution in [2.75, 3.05) is 5.32 Å². The van der Waals surface area contributed by atoms with E-state index in [1.165, 1.54) is 0 Å². The number of hydrogen-bond donors (Lipinski definition) is 3. The molecule has 0 radical (unpaired) electrons. The molecule has 6 heteroatoms. The number of fused-ring (bicyclic) bond motifs is 1. The van der Waals surface area contributed by atoms with Gasteiger partial charge in [-0.1, -0.05) is 31.5 Å². The highest BCUT2D eigenvalue weighted by molar-refractivity contribution is 5.84. The Bertz CT molecular complexity index is 730. The minimum atomic E-state index is -0.339. The van der Waals surface area contributed by atoms with Crippen molar-refractivity contribution in [3.8, 4) is 0 Å². The van der Waals surface area contributed by atoms with E-state index in [1.54, 1.807) is 0 Å². The molecular weight excluding hydrogens is 290 g/mol. The van der Waals surface area contributed by atoms with Gasteiger partial charge in [0.15, 0.2) is 6.29 Å². The van der Waals surface area contributed by atoms with Crippen molar-refractivity contribution in [2.24, 2.45) is 0 Å². The van der Waals surface area contributed by atoms with Gasteiger partial charge in [0.1, 0.15) is 0 Å². The third-order valence-corrected chi connectivity index (χ3v) is 4.17. The van der Waals surface area contributed by atoms with Crippen molar-refractivity contribution >= 4 is 22.8 Å². The maximum Gasteiger partial charge on any atom is 0.226 e. The van der Waals surface area contributed by atoms with Crippen LogP contribution < -0.4 is 16.0 Å². The largest absolute Gasteiger partial charge is 0.323 e. The van der Waals surface area contributed by atoms with Crippen LogP contribution in [0, 0.1) is 13.8 Å². The first kappa shape index (κ1) is 15.7. The molecule has 122 valence electrons. The first-order valence-electron chi connectivity index (χ1n) is 8.12. The molecule has 6 nitrogen and oxygen atoms in total. The van der Waals surface area contributed by atoms with Gasteiger partial charge in [0.2, 0.25) is 11.9 Å². The normalized spacial score (nSPS) is 21.3. The number of amides is 1. The Labute approximate surface area is 136 Å². The Morgan fingerprint density at radius 2 is 2.13 bits per heavy atom. The van der Waals surface area contributed by atoms with Gasteiger partial charge in [-0.15, -0.1) is 0 Å². The van der Waals surface area contributed by atoms with Crippen LogP contribution in [0.1, 0.15) is 37.4 Å². The number of aromatic nitrogens is 2. The molecule has 1 amide bonds. The molecule has 2 aromatic rings. The average Bonchev–Trinajstić information content (AvgIpc) is 2.48. The second kappa shape index (κ2) is 6.50. The molecule has 1 fully saturated rings. The van der Waals surface area contributed by atoms with E-state index in [4.69, 9.17) is 0 Å². The number of nitrogens with one attached hydrogen (secondary N) is 3. The van der Waals surface area contributed by atoms with Gasteiger partial charge in [0, 0.05) is 17.8 Å². The molecule has 1 aromatic heterocycles. The molecule has 0 spiro atoms. The summed E-state index contributed by atoms with van der Waals surface area (Å²) in [6.07, 6.45) is 2.20. The Morgan fingerprint density at radius 1 is 1.30 bits per heavy atom. The molecular formula is C17H23N5O. The number of anilines is 1. The van der Waals surface area contributed by atoms with Gasteiger partial charge in [-0.25, -0.2) is 9.97 Å². The third-order valence-electron chi connectivity index (χ3n) is 4.17. The zero-order valence-corrected chi connectivity index (χ0v) is 13.8. The Hall–Kier alpha value is -2.21. The standard InChI is InChI=1S/C17H23N5O/c1-4-6-12-9-14(23)20-17(19-12)22-16-18-11(3)13-8-5-7-10(2)15(13)21-16/h5,7-8,12,17,19H,4,6,9H2,1-3H3,(H,20,23)(H,18,21,22). The van der Waals surface area contributed by atoms with Crippen LogP contribution in [-0.4, -0.2) is 28.2 Å². The molecule has 1 aromatic carbocycles. The molecule has 0 aliphatic carbocycles. The molecule has 0 bridgehead atoms. The van der Waals surface area contributed by atoms with E-state index < -0.39 is 0 Å². The molecule has 3 N–H and O–H groups in total. The van der Waals surface area contributed by atoms with Crippen LogP contribution in [-0.2, 0) is 4.79 Å². The molecule has 1 aliphatic heterocycles. The summed E-state index contributed by atoms with van der Waals surface area (Å²) in [5.41, 5.74) is 2.98. The lowest BCUT2D eigenvalue weighted by Gasteiger charge is -2.32. The van der Waals surface area contributed by atoms with Gasteiger partial charge in [-0.3, -0.25) is 10.1 Å². The lowest BCUT2D eigenvalue weighted by atomic mass is 10.1. The molecule has 1 saturated heterocycles. The first-order valence-corrected chi connectivity index (χ1v) is 8.12. The summed E-state index contributed by atoms with van der Waals surface area (Å²) in [5.74, 6) is 0.577. The highest BCUT2D eigenvalue weighted by Gasteiger charge is 2.25. The number of carbonyl (C=O) groups excluding carboxylic acids is 1. The summed E-state index contributed by atoms with van der Waals surface area (Å²) in [5, 5.41) is 10.5. The first-order chi connectivity index (χ1) is 11.1. The van der Waals surface area contributed by atoms with Crippen LogP contribution in [0.25, 0.3) is 10.9 Å². The maximum atomic E-state index is 11.9. The van der Waals surface area contributed by atoms with E-state index >= 15 is 0 Å². The van der Waals surface area contributed by atoms with E-state index in [2.05, 4.69) is 32.8 Å². The van der Waals surface area contributed by atoms with E-state index in [0.717, 1.165) is 35.0 Å². The molecule has 0 saturated carbocycles. The number of para-hydroxylation sites is 1. The van der Waals surface area contributed by atoms with Crippen LogP contribution >= 0.6 is 0 Å². The number of aryl methyl sites for hydroxylation is 2. The van der Waals surface area contributed by atoms with Crippen molar-refractivity contribution in [1.82, 2.24) is 20.6 Å². The fourth-order valence-electron chi connectivity index (χ4n) is 3.03. The minimum absolute atomic E-state index is 0.0494. The summed E-state index contributed by atoms with van der Waals surface area (Å²) in [7, 11) is 0. The van der Waals surface area contributed by atoms with Crippen molar-refractivity contribution in [3.63, 3.8) is 0 Å². The van der Waals surface area contributed by atoms with Gasteiger partial charge >= 0.3 is 0 Å². The van der Waals surface area contributed by atoms with Crippen LogP contribution in [0.2, 0.25) is 0 Å². The molecule has 23 heavy (non-hydrogen) atoms. The molecule has 1 aliphatic rings. The quantitative estimate of drug-likeness (QED) is 0.806. The monoisotopic (exact) mass is 313 g/mol. The molecule has 2 atom stereocenters. The van der Waals surface area contributed by atoms with Crippen LogP contribution in [0.3, 0.4) is 0 Å². The average molecular weight is 313 g/mol. The van der Waals surface area contributed by atoms with E-state index in [1.807, 2.05) is 32.0 Å². The topological polar surface area (TPSA) is 78.9 Å². The fraction of sp³-hybridized carbons (Fsp3) is 0.471. The predicted octanol–water partition coefficient (Wildman–Crippen LogP) is 2.22. The second-order valence-electron chi connectivity index (χ2n) is 6.10. The number of carbonyl (C=O) groups is 1.